The van der Waals surface area contributed by atoms with Gasteiger partial charge < -0.3 is 4.90 Å². The highest BCUT2D eigenvalue weighted by molar-refractivity contribution is 8.06. The lowest BCUT2D eigenvalue weighted by molar-refractivity contribution is 0.251. The second kappa shape index (κ2) is 7.98. The minimum absolute atomic E-state index is 0.0306. The van der Waals surface area contributed by atoms with Crippen LogP contribution in [0.4, 0.5) is 5.95 Å². The first-order chi connectivity index (χ1) is 13.9. The van der Waals surface area contributed by atoms with Crippen LogP contribution in [0.2, 0.25) is 0 Å². The molecular formula is C18H23N5O4S2. The summed E-state index contributed by atoms with van der Waals surface area (Å²) in [5, 5.41) is 0. The van der Waals surface area contributed by atoms with Crippen molar-refractivity contribution in [3.63, 3.8) is 0 Å². The van der Waals surface area contributed by atoms with Crippen molar-refractivity contribution in [1.29, 1.82) is 0 Å². The van der Waals surface area contributed by atoms with Crippen molar-refractivity contribution >= 4 is 26.0 Å². The minimum atomic E-state index is -3.99. The average molecular weight is 438 g/mol. The molecule has 11 heteroatoms. The maximum absolute atomic E-state index is 12.6. The van der Waals surface area contributed by atoms with Gasteiger partial charge in [-0.25, -0.2) is 26.8 Å². The molecule has 156 valence electrons. The number of rotatable bonds is 6. The molecule has 0 spiro atoms. The second-order valence-corrected chi connectivity index (χ2v) is 10.9. The first kappa shape index (κ1) is 20.2. The Hall–Kier alpha value is -2.08. The van der Waals surface area contributed by atoms with E-state index in [0.717, 1.165) is 45.1 Å². The van der Waals surface area contributed by atoms with Crippen molar-refractivity contribution in [3.05, 3.63) is 42.7 Å². The molecule has 0 aliphatic carbocycles. The molecule has 1 saturated heterocycles. The molecule has 0 unspecified atom stereocenters. The van der Waals surface area contributed by atoms with E-state index in [1.165, 1.54) is 24.3 Å². The van der Waals surface area contributed by atoms with Gasteiger partial charge in [-0.15, -0.1) is 0 Å². The van der Waals surface area contributed by atoms with Gasteiger partial charge in [-0.1, -0.05) is 15.8 Å². The minimum Gasteiger partial charge on any atom is -0.338 e. The smallest absolute Gasteiger partial charge is 0.257 e. The molecular weight excluding hydrogens is 414 g/mol. The first-order valence-corrected chi connectivity index (χ1v) is 12.4. The van der Waals surface area contributed by atoms with Crippen molar-refractivity contribution in [2.24, 2.45) is 0 Å². The molecule has 2 aliphatic rings. The lowest BCUT2D eigenvalue weighted by atomic mass is 10.2. The number of aromatic nitrogens is 2. The topological polar surface area (TPSA) is 104 Å². The van der Waals surface area contributed by atoms with Crippen LogP contribution in [0, 0.1) is 0 Å². The number of benzene rings is 1. The van der Waals surface area contributed by atoms with Gasteiger partial charge in [-0.2, -0.15) is 0 Å². The van der Waals surface area contributed by atoms with Crippen LogP contribution in [0.1, 0.15) is 12.8 Å². The summed E-state index contributed by atoms with van der Waals surface area (Å²) in [6.45, 7) is 4.15. The van der Waals surface area contributed by atoms with Gasteiger partial charge in [-0.3, -0.25) is 4.90 Å². The van der Waals surface area contributed by atoms with Crippen LogP contribution in [-0.2, 0) is 20.0 Å². The van der Waals surface area contributed by atoms with Crippen molar-refractivity contribution in [2.75, 3.05) is 44.2 Å². The molecule has 0 amide bonds. The van der Waals surface area contributed by atoms with Crippen LogP contribution in [0.25, 0.3) is 0 Å². The van der Waals surface area contributed by atoms with Gasteiger partial charge in [0.05, 0.1) is 0 Å². The summed E-state index contributed by atoms with van der Waals surface area (Å²) in [5.74, 6) is 0.733. The second-order valence-electron chi connectivity index (χ2n) is 7.04. The van der Waals surface area contributed by atoms with Crippen LogP contribution in [0.15, 0.2) is 52.5 Å². The van der Waals surface area contributed by atoms with Crippen molar-refractivity contribution in [2.45, 2.75) is 22.6 Å². The van der Waals surface area contributed by atoms with Crippen LogP contribution in [0.5, 0.6) is 0 Å². The Morgan fingerprint density at radius 1 is 0.759 bits per heavy atom. The highest BCUT2D eigenvalue weighted by Gasteiger charge is 2.46. The van der Waals surface area contributed by atoms with Crippen LogP contribution >= 0.6 is 0 Å². The molecule has 3 heterocycles. The zero-order valence-electron chi connectivity index (χ0n) is 15.9. The molecule has 2 aliphatic heterocycles. The fraction of sp³-hybridized carbons (Fsp3) is 0.444. The van der Waals surface area contributed by atoms with Crippen molar-refractivity contribution in [3.8, 4) is 0 Å². The summed E-state index contributed by atoms with van der Waals surface area (Å²) < 4.78 is 51.0. The molecule has 1 fully saturated rings. The zero-order valence-corrected chi connectivity index (χ0v) is 17.5. The van der Waals surface area contributed by atoms with Gasteiger partial charge in [0.1, 0.15) is 9.79 Å². The molecule has 1 aromatic heterocycles. The predicted octanol–water partition coefficient (Wildman–Crippen LogP) is 0.772. The van der Waals surface area contributed by atoms with Crippen LogP contribution in [-0.4, -0.2) is 74.7 Å². The molecule has 1 aromatic carbocycles. The van der Waals surface area contributed by atoms with Gasteiger partial charge in [0.15, 0.2) is 0 Å². The summed E-state index contributed by atoms with van der Waals surface area (Å²) in [4.78, 5) is 12.7. The molecule has 0 bridgehead atoms. The third kappa shape index (κ3) is 3.87. The van der Waals surface area contributed by atoms with E-state index in [9.17, 15) is 16.8 Å². The summed E-state index contributed by atoms with van der Waals surface area (Å²) in [6.07, 6.45) is 4.66. The molecule has 0 radical (unpaired) electrons. The Kier molecular flexibility index (Phi) is 5.56. The standard InChI is InChI=1S/C18H23N5O4S2/c24-28(25)16-6-1-2-7-17(16)29(26,27)23(28)11-4-3-10-21-12-14-22(15-13-21)18-19-8-5-9-20-18/h1-2,5-9H,3-4,10-15H2. The predicted molar refractivity (Wildman–Crippen MR) is 107 cm³/mol. The third-order valence-electron chi connectivity index (χ3n) is 5.21. The number of hydrogen-bond acceptors (Lipinski definition) is 8. The number of piperazine rings is 1. The highest BCUT2D eigenvalue weighted by Crippen LogP contribution is 2.36. The normalized spacial score (nSPS) is 21.2. The lowest BCUT2D eigenvalue weighted by Crippen LogP contribution is -2.47. The Labute approximate surface area is 171 Å². The Balaban J connectivity index is 1.28. The first-order valence-electron chi connectivity index (χ1n) is 9.52. The molecule has 2 aromatic rings. The quantitative estimate of drug-likeness (QED) is 0.611. The van der Waals surface area contributed by atoms with E-state index >= 15 is 0 Å². The van der Waals surface area contributed by atoms with Gasteiger partial charge in [0.2, 0.25) is 5.95 Å². The van der Waals surface area contributed by atoms with Crippen LogP contribution < -0.4 is 4.90 Å². The number of nitrogens with zero attached hydrogens (tertiary/aromatic N) is 5. The SMILES string of the molecule is O=S1(=O)c2ccccc2S(=O)(=O)N1CCCCN1CCN(c2ncccn2)CC1. The average Bonchev–Trinajstić information content (AvgIpc) is 2.89. The Bertz CT molecular complexity index is 1020. The van der Waals surface area contributed by atoms with E-state index < -0.39 is 20.0 Å². The lowest BCUT2D eigenvalue weighted by Gasteiger charge is -2.34. The maximum Gasteiger partial charge on any atom is 0.257 e. The molecule has 0 saturated carbocycles. The number of fused-ring (bicyclic) bond motifs is 1. The Morgan fingerprint density at radius 3 is 1.90 bits per heavy atom. The van der Waals surface area contributed by atoms with E-state index in [0.29, 0.717) is 10.1 Å². The Morgan fingerprint density at radius 2 is 1.31 bits per heavy atom. The summed E-state index contributed by atoms with van der Waals surface area (Å²) in [7, 11) is -7.97. The van der Waals surface area contributed by atoms with E-state index in [1.54, 1.807) is 18.5 Å². The van der Waals surface area contributed by atoms with Gasteiger partial charge in [-0.05, 0) is 37.6 Å². The molecule has 9 nitrogen and oxygen atoms in total. The largest absolute Gasteiger partial charge is 0.338 e. The fourth-order valence-electron chi connectivity index (χ4n) is 3.67. The molecule has 0 atom stereocenters. The molecule has 29 heavy (non-hydrogen) atoms. The van der Waals surface area contributed by atoms with Gasteiger partial charge in [0, 0.05) is 45.1 Å². The maximum atomic E-state index is 12.6. The fourth-order valence-corrected chi connectivity index (χ4v) is 8.14. The zero-order chi connectivity index (χ0) is 20.5. The number of hydrogen-bond donors (Lipinski definition) is 0. The number of sulfonamides is 2. The van der Waals surface area contributed by atoms with Gasteiger partial charge in [0.25, 0.3) is 20.0 Å². The monoisotopic (exact) mass is 437 g/mol. The highest BCUT2D eigenvalue weighted by atomic mass is 32.3. The number of unbranched alkanes of at least 4 members (excludes halogenated alkanes) is 1. The van der Waals surface area contributed by atoms with E-state index in [1.807, 2.05) is 0 Å². The van der Waals surface area contributed by atoms with E-state index in [-0.39, 0.29) is 16.3 Å². The third-order valence-corrected chi connectivity index (χ3v) is 9.78. The summed E-state index contributed by atoms with van der Waals surface area (Å²) >= 11 is 0. The van der Waals surface area contributed by atoms with E-state index in [4.69, 9.17) is 0 Å². The van der Waals surface area contributed by atoms with E-state index in [2.05, 4.69) is 19.8 Å². The van der Waals surface area contributed by atoms with Crippen LogP contribution in [0.3, 0.4) is 0 Å². The number of anilines is 1. The van der Waals surface area contributed by atoms with Crippen molar-refractivity contribution < 1.29 is 16.8 Å². The molecule has 0 N–H and O–H groups in total. The van der Waals surface area contributed by atoms with Crippen molar-refractivity contribution in [1.82, 2.24) is 18.6 Å². The summed E-state index contributed by atoms with van der Waals surface area (Å²) in [6, 6.07) is 7.56. The van der Waals surface area contributed by atoms with Gasteiger partial charge >= 0.3 is 0 Å². The summed E-state index contributed by atoms with van der Waals surface area (Å²) in [5.41, 5.74) is 0. The molecule has 4 rings (SSSR count).